The van der Waals surface area contributed by atoms with E-state index in [0.717, 1.165) is 11.3 Å². The van der Waals surface area contributed by atoms with Crippen molar-refractivity contribution in [3.63, 3.8) is 0 Å². The van der Waals surface area contributed by atoms with Gasteiger partial charge >= 0.3 is 0 Å². The summed E-state index contributed by atoms with van der Waals surface area (Å²) in [6.07, 6.45) is 1.61. The number of carbonyl (C=O) groups is 1. The Hall–Kier alpha value is -2.73. The van der Waals surface area contributed by atoms with Crippen molar-refractivity contribution in [2.24, 2.45) is 5.10 Å². The lowest BCUT2D eigenvalue weighted by atomic mass is 9.87. The van der Waals surface area contributed by atoms with E-state index in [0.29, 0.717) is 5.56 Å². The maximum Gasteiger partial charge on any atom is 0.257 e. The summed E-state index contributed by atoms with van der Waals surface area (Å²) in [6, 6.07) is 14.9. The van der Waals surface area contributed by atoms with Gasteiger partial charge in [-0.25, -0.2) is 0 Å². The molecule has 0 heterocycles. The molecule has 26 heavy (non-hydrogen) atoms. The molecular formula is C20H23N3O2S. The van der Waals surface area contributed by atoms with Gasteiger partial charge in [0.15, 0.2) is 5.11 Å². The minimum atomic E-state index is -0.275. The Morgan fingerprint density at radius 1 is 1.08 bits per heavy atom. The molecule has 0 saturated heterocycles. The van der Waals surface area contributed by atoms with Gasteiger partial charge in [0.2, 0.25) is 0 Å². The van der Waals surface area contributed by atoms with E-state index >= 15 is 0 Å². The van der Waals surface area contributed by atoms with Crippen molar-refractivity contribution in [1.82, 2.24) is 10.7 Å². The highest BCUT2D eigenvalue weighted by Crippen LogP contribution is 2.22. The molecule has 0 saturated carbocycles. The molecule has 2 N–H and O–H groups in total. The minimum absolute atomic E-state index is 0.0437. The number of rotatable bonds is 4. The molecule has 0 aliphatic carbocycles. The zero-order chi connectivity index (χ0) is 19.2. The number of amides is 1. The number of hydrogen-bond donors (Lipinski definition) is 2. The van der Waals surface area contributed by atoms with Crippen molar-refractivity contribution in [3.05, 3.63) is 65.2 Å². The highest BCUT2D eigenvalue weighted by atomic mass is 32.1. The van der Waals surface area contributed by atoms with Crippen molar-refractivity contribution in [2.75, 3.05) is 7.11 Å². The van der Waals surface area contributed by atoms with Crippen LogP contribution in [0.1, 0.15) is 42.3 Å². The predicted molar refractivity (Wildman–Crippen MR) is 109 cm³/mol. The van der Waals surface area contributed by atoms with E-state index in [1.165, 1.54) is 5.56 Å². The van der Waals surface area contributed by atoms with Crippen LogP contribution in [0.4, 0.5) is 0 Å². The molecule has 0 aliphatic rings. The summed E-state index contributed by atoms with van der Waals surface area (Å²) in [7, 11) is 1.61. The van der Waals surface area contributed by atoms with Gasteiger partial charge in [-0.15, -0.1) is 0 Å². The largest absolute Gasteiger partial charge is 0.497 e. The van der Waals surface area contributed by atoms with Gasteiger partial charge in [-0.3, -0.25) is 15.5 Å². The van der Waals surface area contributed by atoms with Gasteiger partial charge < -0.3 is 4.74 Å². The molecule has 6 heteroatoms. The lowest BCUT2D eigenvalue weighted by Gasteiger charge is -2.19. The van der Waals surface area contributed by atoms with Gasteiger partial charge in [0.05, 0.1) is 13.3 Å². The molecule has 2 aromatic carbocycles. The second-order valence-electron chi connectivity index (χ2n) is 6.75. The Labute approximate surface area is 159 Å². The predicted octanol–water partition coefficient (Wildman–Crippen LogP) is 3.63. The van der Waals surface area contributed by atoms with E-state index in [1.807, 2.05) is 36.4 Å². The Balaban J connectivity index is 1.88. The zero-order valence-electron chi connectivity index (χ0n) is 15.4. The molecule has 0 atom stereocenters. The maximum atomic E-state index is 12.2. The standard InChI is InChI=1S/C20H23N3O2S/c1-20(2,3)16-9-7-15(8-10-16)18(24)22-19(26)23-21-13-14-5-11-17(25-4)12-6-14/h5-13H,1-4H3,(H2,22,23,24,26)/b21-13-. The zero-order valence-corrected chi connectivity index (χ0v) is 16.2. The van der Waals surface area contributed by atoms with Gasteiger partial charge in [-0.05, 0) is 65.2 Å². The fraction of sp³-hybridized carbons (Fsp3) is 0.250. The normalized spacial score (nSPS) is 11.2. The van der Waals surface area contributed by atoms with Crippen LogP contribution in [-0.2, 0) is 5.41 Å². The molecule has 2 rings (SSSR count). The van der Waals surface area contributed by atoms with E-state index in [4.69, 9.17) is 17.0 Å². The van der Waals surface area contributed by atoms with Crippen molar-refractivity contribution in [3.8, 4) is 5.75 Å². The smallest absolute Gasteiger partial charge is 0.257 e. The molecule has 0 aromatic heterocycles. The number of nitrogens with zero attached hydrogens (tertiary/aromatic N) is 1. The highest BCUT2D eigenvalue weighted by molar-refractivity contribution is 7.80. The van der Waals surface area contributed by atoms with Crippen molar-refractivity contribution >= 4 is 29.5 Å². The highest BCUT2D eigenvalue weighted by Gasteiger charge is 2.14. The fourth-order valence-electron chi connectivity index (χ4n) is 2.18. The summed E-state index contributed by atoms with van der Waals surface area (Å²) in [4.78, 5) is 12.2. The summed E-state index contributed by atoms with van der Waals surface area (Å²) >= 11 is 5.09. The van der Waals surface area contributed by atoms with Crippen LogP contribution in [0.3, 0.4) is 0 Å². The van der Waals surface area contributed by atoms with Crippen LogP contribution in [0.25, 0.3) is 0 Å². The minimum Gasteiger partial charge on any atom is -0.497 e. The molecule has 1 amide bonds. The first-order valence-corrected chi connectivity index (χ1v) is 8.59. The first kappa shape index (κ1) is 19.6. The number of nitrogens with one attached hydrogen (secondary N) is 2. The number of carbonyl (C=O) groups excluding carboxylic acids is 1. The average Bonchev–Trinajstić information content (AvgIpc) is 2.61. The molecule has 0 bridgehead atoms. The molecule has 5 nitrogen and oxygen atoms in total. The van der Waals surface area contributed by atoms with Crippen molar-refractivity contribution < 1.29 is 9.53 Å². The Bertz CT molecular complexity index is 791. The molecule has 0 radical (unpaired) electrons. The molecular weight excluding hydrogens is 346 g/mol. The molecule has 0 spiro atoms. The van der Waals surface area contributed by atoms with Crippen molar-refractivity contribution in [1.29, 1.82) is 0 Å². The topological polar surface area (TPSA) is 62.7 Å². The third kappa shape index (κ3) is 5.67. The monoisotopic (exact) mass is 369 g/mol. The van der Waals surface area contributed by atoms with Crippen LogP contribution < -0.4 is 15.5 Å². The number of thiocarbonyl (C=S) groups is 1. The van der Waals surface area contributed by atoms with Gasteiger partial charge in [-0.1, -0.05) is 32.9 Å². The molecule has 0 aliphatic heterocycles. The van der Waals surface area contributed by atoms with E-state index in [1.54, 1.807) is 25.5 Å². The number of benzene rings is 2. The van der Waals surface area contributed by atoms with Crippen molar-refractivity contribution in [2.45, 2.75) is 26.2 Å². The van der Waals surface area contributed by atoms with Crippen LogP contribution in [0.15, 0.2) is 53.6 Å². The van der Waals surface area contributed by atoms with Gasteiger partial charge in [0.1, 0.15) is 5.75 Å². The fourth-order valence-corrected chi connectivity index (χ4v) is 2.33. The third-order valence-electron chi connectivity index (χ3n) is 3.74. The summed E-state index contributed by atoms with van der Waals surface area (Å²) in [6.45, 7) is 6.38. The summed E-state index contributed by atoms with van der Waals surface area (Å²) in [5.41, 5.74) is 5.27. The summed E-state index contributed by atoms with van der Waals surface area (Å²) < 4.78 is 5.10. The summed E-state index contributed by atoms with van der Waals surface area (Å²) in [5, 5.41) is 6.76. The molecule has 136 valence electrons. The van der Waals surface area contributed by atoms with Gasteiger partial charge in [0.25, 0.3) is 5.91 Å². The van der Waals surface area contributed by atoms with Gasteiger partial charge in [0, 0.05) is 5.56 Å². The average molecular weight is 369 g/mol. The van der Waals surface area contributed by atoms with Crippen LogP contribution in [0.2, 0.25) is 0 Å². The first-order valence-electron chi connectivity index (χ1n) is 8.18. The quantitative estimate of drug-likeness (QED) is 0.491. The van der Waals surface area contributed by atoms with E-state index in [-0.39, 0.29) is 16.4 Å². The lowest BCUT2D eigenvalue weighted by molar-refractivity contribution is 0.0976. The lowest BCUT2D eigenvalue weighted by Crippen LogP contribution is -2.36. The third-order valence-corrected chi connectivity index (χ3v) is 3.93. The van der Waals surface area contributed by atoms with Crippen LogP contribution in [0.5, 0.6) is 5.75 Å². The number of hydrazone groups is 1. The van der Waals surface area contributed by atoms with E-state index in [2.05, 4.69) is 36.6 Å². The molecule has 0 unspecified atom stereocenters. The molecule has 0 fully saturated rings. The second kappa shape index (κ2) is 8.58. The van der Waals surface area contributed by atoms with E-state index < -0.39 is 0 Å². The SMILES string of the molecule is COc1ccc(/C=N\NC(=S)NC(=O)c2ccc(C(C)(C)C)cc2)cc1. The number of methoxy groups -OCH3 is 1. The van der Waals surface area contributed by atoms with Crippen LogP contribution in [0, 0.1) is 0 Å². The Morgan fingerprint density at radius 2 is 1.69 bits per heavy atom. The maximum absolute atomic E-state index is 12.2. The first-order chi connectivity index (χ1) is 12.3. The number of hydrogen-bond acceptors (Lipinski definition) is 4. The van der Waals surface area contributed by atoms with Gasteiger partial charge in [-0.2, -0.15) is 5.10 Å². The Kier molecular flexibility index (Phi) is 6.46. The molecule has 2 aromatic rings. The summed E-state index contributed by atoms with van der Waals surface area (Å²) in [5.74, 6) is 0.498. The van der Waals surface area contributed by atoms with Crippen LogP contribution in [-0.4, -0.2) is 24.3 Å². The number of ether oxygens (including phenoxy) is 1. The van der Waals surface area contributed by atoms with Crippen LogP contribution >= 0.6 is 12.2 Å². The van der Waals surface area contributed by atoms with E-state index in [9.17, 15) is 4.79 Å². The second-order valence-corrected chi connectivity index (χ2v) is 7.16. The Morgan fingerprint density at radius 3 is 2.23 bits per heavy atom.